The van der Waals surface area contributed by atoms with Gasteiger partial charge in [0.25, 0.3) is 0 Å². The normalized spacial score (nSPS) is 17.5. The molecule has 1 aromatic heterocycles. The van der Waals surface area contributed by atoms with E-state index in [-0.39, 0.29) is 18.1 Å². The van der Waals surface area contributed by atoms with Crippen LogP contribution in [-0.2, 0) is 0 Å². The number of carbonyl (C=O) groups is 1. The highest BCUT2D eigenvalue weighted by Crippen LogP contribution is 2.23. The van der Waals surface area contributed by atoms with Gasteiger partial charge in [0.1, 0.15) is 0 Å². The van der Waals surface area contributed by atoms with Crippen molar-refractivity contribution in [3.8, 4) is 0 Å². The maximum Gasteiger partial charge on any atom is 0.322 e. The number of hydrogen-bond acceptors (Lipinski definition) is 3. The van der Waals surface area contributed by atoms with Gasteiger partial charge in [-0.05, 0) is 33.6 Å². The molecule has 2 N–H and O–H groups in total. The topological polar surface area (TPSA) is 70.4 Å². The maximum absolute atomic E-state index is 12.6. The van der Waals surface area contributed by atoms with E-state index in [4.69, 9.17) is 0 Å². The van der Waals surface area contributed by atoms with Crippen LogP contribution in [0.4, 0.5) is 10.5 Å². The minimum absolute atomic E-state index is 0.142. The molecule has 1 atom stereocenters. The second-order valence-corrected chi connectivity index (χ2v) is 6.53. The smallest absolute Gasteiger partial charge is 0.322 e. The fourth-order valence-electron chi connectivity index (χ4n) is 2.96. The van der Waals surface area contributed by atoms with Gasteiger partial charge in [-0.1, -0.05) is 19.3 Å². The average Bonchev–Trinajstić information content (AvgIpc) is 2.94. The van der Waals surface area contributed by atoms with E-state index in [2.05, 4.69) is 10.4 Å². The van der Waals surface area contributed by atoms with Crippen LogP contribution in [0.15, 0.2) is 12.4 Å². The van der Waals surface area contributed by atoms with E-state index in [1.165, 1.54) is 6.42 Å². The van der Waals surface area contributed by atoms with Crippen LogP contribution in [0.25, 0.3) is 0 Å². The van der Waals surface area contributed by atoms with Crippen LogP contribution in [0.2, 0.25) is 0 Å². The number of carbonyl (C=O) groups excluding carboxylic acids is 1. The molecule has 0 aromatic carbocycles. The van der Waals surface area contributed by atoms with Crippen molar-refractivity contribution >= 4 is 11.7 Å². The lowest BCUT2D eigenvalue weighted by atomic mass is 9.94. The quantitative estimate of drug-likeness (QED) is 0.878. The van der Waals surface area contributed by atoms with Crippen molar-refractivity contribution in [2.75, 3.05) is 11.9 Å². The molecule has 0 unspecified atom stereocenters. The third-order valence-electron chi connectivity index (χ3n) is 4.12. The Morgan fingerprint density at radius 2 is 2.09 bits per heavy atom. The summed E-state index contributed by atoms with van der Waals surface area (Å²) in [7, 11) is 0. The molecule has 22 heavy (non-hydrogen) atoms. The van der Waals surface area contributed by atoms with Crippen LogP contribution in [0, 0.1) is 0 Å². The number of anilines is 1. The number of aromatic nitrogens is 2. The van der Waals surface area contributed by atoms with Gasteiger partial charge in [0.05, 0.1) is 18.0 Å². The first-order valence-electron chi connectivity index (χ1n) is 8.27. The molecule has 1 aliphatic carbocycles. The van der Waals surface area contributed by atoms with E-state index < -0.39 is 6.10 Å². The minimum Gasteiger partial charge on any atom is -0.392 e. The fourth-order valence-corrected chi connectivity index (χ4v) is 2.96. The van der Waals surface area contributed by atoms with Crippen LogP contribution in [0.5, 0.6) is 0 Å². The summed E-state index contributed by atoms with van der Waals surface area (Å²) in [5.74, 6) is 0. The lowest BCUT2D eigenvalue weighted by molar-refractivity contribution is 0.105. The molecule has 2 rings (SSSR count). The second-order valence-electron chi connectivity index (χ2n) is 6.53. The SMILES string of the molecule is CC(C)n1cc(NC(=O)N(C[C@@H](C)O)C2CCCCC2)cn1. The lowest BCUT2D eigenvalue weighted by Gasteiger charge is -2.35. The second kappa shape index (κ2) is 7.63. The molecule has 6 nitrogen and oxygen atoms in total. The first-order chi connectivity index (χ1) is 10.5. The molecule has 124 valence electrons. The van der Waals surface area contributed by atoms with Gasteiger partial charge in [-0.3, -0.25) is 4.68 Å². The van der Waals surface area contributed by atoms with Gasteiger partial charge in [0.2, 0.25) is 0 Å². The van der Waals surface area contributed by atoms with E-state index in [9.17, 15) is 9.90 Å². The van der Waals surface area contributed by atoms with Gasteiger partial charge in [-0.25, -0.2) is 4.79 Å². The predicted octanol–water partition coefficient (Wildman–Crippen LogP) is 3.01. The number of urea groups is 1. The van der Waals surface area contributed by atoms with Crippen LogP contribution in [-0.4, -0.2) is 44.5 Å². The number of nitrogens with one attached hydrogen (secondary N) is 1. The van der Waals surface area contributed by atoms with Gasteiger partial charge in [-0.15, -0.1) is 0 Å². The summed E-state index contributed by atoms with van der Waals surface area (Å²) in [6.45, 7) is 6.18. The standard InChI is InChI=1S/C16H28N4O2/c1-12(2)20-11-14(9-17-20)18-16(22)19(10-13(3)21)15-7-5-4-6-8-15/h9,11-13,15,21H,4-8,10H2,1-3H3,(H,18,22)/t13-/m1/s1. The minimum atomic E-state index is -0.522. The summed E-state index contributed by atoms with van der Waals surface area (Å²) in [6, 6.07) is 0.345. The third kappa shape index (κ3) is 4.47. The Morgan fingerprint density at radius 1 is 1.41 bits per heavy atom. The van der Waals surface area contributed by atoms with E-state index in [1.54, 1.807) is 18.0 Å². The largest absolute Gasteiger partial charge is 0.392 e. The molecule has 1 aliphatic rings. The highest BCUT2D eigenvalue weighted by atomic mass is 16.3. The van der Waals surface area contributed by atoms with Crippen LogP contribution >= 0.6 is 0 Å². The number of hydrogen-bond donors (Lipinski definition) is 2. The average molecular weight is 308 g/mol. The zero-order chi connectivity index (χ0) is 16.1. The summed E-state index contributed by atoms with van der Waals surface area (Å²) in [6.07, 6.45) is 8.56. The van der Waals surface area contributed by atoms with E-state index in [1.807, 2.05) is 24.7 Å². The van der Waals surface area contributed by atoms with E-state index in [0.29, 0.717) is 12.2 Å². The van der Waals surface area contributed by atoms with E-state index >= 15 is 0 Å². The van der Waals surface area contributed by atoms with Crippen molar-refractivity contribution in [2.24, 2.45) is 0 Å². The van der Waals surface area contributed by atoms with Crippen molar-refractivity contribution in [1.29, 1.82) is 0 Å². The Balaban J connectivity index is 2.03. The van der Waals surface area contributed by atoms with E-state index in [0.717, 1.165) is 25.7 Å². The summed E-state index contributed by atoms with van der Waals surface area (Å²) < 4.78 is 1.81. The van der Waals surface area contributed by atoms with Gasteiger partial charge < -0.3 is 15.3 Å². The van der Waals surface area contributed by atoms with Crippen molar-refractivity contribution in [2.45, 2.75) is 71.1 Å². The Bertz CT molecular complexity index is 478. The fraction of sp³-hybridized carbons (Fsp3) is 0.750. The number of aliphatic hydroxyl groups is 1. The van der Waals surface area contributed by atoms with Crippen molar-refractivity contribution in [3.63, 3.8) is 0 Å². The highest BCUT2D eigenvalue weighted by molar-refractivity contribution is 5.89. The molecule has 1 aromatic rings. The van der Waals surface area contributed by atoms with Gasteiger partial charge >= 0.3 is 6.03 Å². The highest BCUT2D eigenvalue weighted by Gasteiger charge is 2.26. The summed E-state index contributed by atoms with van der Waals surface area (Å²) in [5.41, 5.74) is 0.699. The van der Waals surface area contributed by atoms with Gasteiger partial charge in [-0.2, -0.15) is 5.10 Å². The van der Waals surface area contributed by atoms with Crippen LogP contribution < -0.4 is 5.32 Å². The molecular formula is C16H28N4O2. The molecule has 1 saturated carbocycles. The Labute approximate surface area is 132 Å². The summed E-state index contributed by atoms with van der Waals surface area (Å²) >= 11 is 0. The van der Waals surface area contributed by atoms with Crippen molar-refractivity contribution < 1.29 is 9.90 Å². The zero-order valence-corrected chi connectivity index (χ0v) is 13.8. The van der Waals surface area contributed by atoms with Crippen LogP contribution in [0.3, 0.4) is 0 Å². The van der Waals surface area contributed by atoms with Crippen molar-refractivity contribution in [3.05, 3.63) is 12.4 Å². The molecule has 0 bridgehead atoms. The molecule has 1 fully saturated rings. The Hall–Kier alpha value is -1.56. The Kier molecular flexibility index (Phi) is 5.83. The molecular weight excluding hydrogens is 280 g/mol. The molecule has 1 heterocycles. The molecule has 0 aliphatic heterocycles. The molecule has 2 amide bonds. The lowest BCUT2D eigenvalue weighted by Crippen LogP contribution is -2.47. The number of amides is 2. The molecule has 6 heteroatoms. The van der Waals surface area contributed by atoms with Crippen LogP contribution in [0.1, 0.15) is 58.9 Å². The predicted molar refractivity (Wildman–Crippen MR) is 86.9 cm³/mol. The summed E-state index contributed by atoms with van der Waals surface area (Å²) in [5, 5.41) is 16.9. The number of aliphatic hydroxyl groups excluding tert-OH is 1. The molecule has 0 saturated heterocycles. The summed E-state index contributed by atoms with van der Waals surface area (Å²) in [4.78, 5) is 14.4. The first kappa shape index (κ1) is 16.8. The third-order valence-corrected chi connectivity index (χ3v) is 4.12. The van der Waals surface area contributed by atoms with Crippen molar-refractivity contribution in [1.82, 2.24) is 14.7 Å². The Morgan fingerprint density at radius 3 is 2.64 bits per heavy atom. The number of nitrogens with zero attached hydrogens (tertiary/aromatic N) is 3. The van der Waals surface area contributed by atoms with Gasteiger partial charge in [0, 0.05) is 24.8 Å². The molecule has 0 radical (unpaired) electrons. The zero-order valence-electron chi connectivity index (χ0n) is 13.8. The number of rotatable bonds is 5. The monoisotopic (exact) mass is 308 g/mol. The first-order valence-corrected chi connectivity index (χ1v) is 8.27. The maximum atomic E-state index is 12.6. The molecule has 0 spiro atoms. The van der Waals surface area contributed by atoms with Gasteiger partial charge in [0.15, 0.2) is 0 Å².